The van der Waals surface area contributed by atoms with Crippen molar-refractivity contribution in [3.63, 3.8) is 0 Å². The number of hydrogen-bond donors (Lipinski definition) is 0. The van der Waals surface area contributed by atoms with Gasteiger partial charge in [-0.25, -0.2) is 0 Å². The second-order valence-corrected chi connectivity index (χ2v) is 7.83. The summed E-state index contributed by atoms with van der Waals surface area (Å²) in [6.07, 6.45) is 9.64. The molecular formula is C22H35N3. The molecular weight excluding hydrogens is 306 g/mol. The molecule has 138 valence electrons. The van der Waals surface area contributed by atoms with Crippen molar-refractivity contribution in [3.8, 4) is 0 Å². The Hall–Kier alpha value is -1.19. The highest BCUT2D eigenvalue weighted by Crippen LogP contribution is 2.35. The lowest BCUT2D eigenvalue weighted by molar-refractivity contribution is 0.127. The smallest absolute Gasteiger partial charge is 0.0657 e. The van der Waals surface area contributed by atoms with E-state index in [4.69, 9.17) is 4.99 Å². The van der Waals surface area contributed by atoms with E-state index in [-0.39, 0.29) is 0 Å². The molecule has 3 nitrogen and oxygen atoms in total. The molecule has 0 spiro atoms. The van der Waals surface area contributed by atoms with Crippen LogP contribution in [-0.4, -0.2) is 48.7 Å². The first kappa shape index (κ1) is 18.6. The normalized spacial score (nSPS) is 19.8. The zero-order chi connectivity index (χ0) is 17.5. The minimum atomic E-state index is 0.910. The van der Waals surface area contributed by atoms with E-state index in [1.54, 1.807) is 0 Å². The number of nitrogens with zero attached hydrogens (tertiary/aromatic N) is 3. The predicted molar refractivity (Wildman–Crippen MR) is 108 cm³/mol. The molecule has 1 aliphatic carbocycles. The first-order valence-corrected chi connectivity index (χ1v) is 10.4. The maximum Gasteiger partial charge on any atom is 0.0657 e. The molecule has 25 heavy (non-hydrogen) atoms. The molecule has 0 amide bonds. The van der Waals surface area contributed by atoms with Crippen LogP contribution in [0.1, 0.15) is 57.1 Å². The summed E-state index contributed by atoms with van der Waals surface area (Å²) < 4.78 is 0. The Balaban J connectivity index is 1.61. The van der Waals surface area contributed by atoms with E-state index in [0.29, 0.717) is 0 Å². The zero-order valence-electron chi connectivity index (χ0n) is 16.2. The second-order valence-electron chi connectivity index (χ2n) is 7.83. The first-order chi connectivity index (χ1) is 12.3. The molecule has 3 rings (SSSR count). The van der Waals surface area contributed by atoms with Crippen LogP contribution in [0.25, 0.3) is 0 Å². The minimum Gasteiger partial charge on any atom is -0.301 e. The van der Waals surface area contributed by atoms with Crippen molar-refractivity contribution in [1.29, 1.82) is 0 Å². The summed E-state index contributed by atoms with van der Waals surface area (Å²) in [6, 6.07) is 7.00. The van der Waals surface area contributed by atoms with Gasteiger partial charge in [0.1, 0.15) is 0 Å². The summed E-state index contributed by atoms with van der Waals surface area (Å²) in [6.45, 7) is 11.7. The molecule has 0 N–H and O–H groups in total. The van der Waals surface area contributed by atoms with Gasteiger partial charge in [0.2, 0.25) is 0 Å². The van der Waals surface area contributed by atoms with Gasteiger partial charge in [-0.05, 0) is 61.8 Å². The van der Waals surface area contributed by atoms with Crippen molar-refractivity contribution in [2.45, 2.75) is 58.9 Å². The molecule has 0 bridgehead atoms. The molecule has 0 atom stereocenters. The number of piperazine rings is 1. The maximum atomic E-state index is 4.75. The van der Waals surface area contributed by atoms with Crippen molar-refractivity contribution in [2.24, 2.45) is 10.9 Å². The van der Waals surface area contributed by atoms with Crippen molar-refractivity contribution in [1.82, 2.24) is 9.80 Å². The summed E-state index contributed by atoms with van der Waals surface area (Å²) in [7, 11) is 0. The second kappa shape index (κ2) is 9.49. The minimum absolute atomic E-state index is 0.910. The Morgan fingerprint density at radius 1 is 1.04 bits per heavy atom. The maximum absolute atomic E-state index is 4.75. The molecule has 1 saturated carbocycles. The molecule has 1 aromatic carbocycles. The van der Waals surface area contributed by atoms with E-state index >= 15 is 0 Å². The zero-order valence-corrected chi connectivity index (χ0v) is 16.2. The highest BCUT2D eigenvalue weighted by molar-refractivity contribution is 5.65. The van der Waals surface area contributed by atoms with Crippen LogP contribution in [0.4, 0.5) is 5.69 Å². The fourth-order valence-electron chi connectivity index (χ4n) is 3.70. The van der Waals surface area contributed by atoms with Crippen LogP contribution in [0.5, 0.6) is 0 Å². The Labute approximate surface area is 154 Å². The van der Waals surface area contributed by atoms with Crippen molar-refractivity contribution >= 4 is 11.9 Å². The van der Waals surface area contributed by atoms with Gasteiger partial charge >= 0.3 is 0 Å². The average Bonchev–Trinajstić information content (AvgIpc) is 3.43. The first-order valence-electron chi connectivity index (χ1n) is 10.4. The molecule has 1 saturated heterocycles. The summed E-state index contributed by atoms with van der Waals surface area (Å²) in [5.74, 6) is 0.910. The largest absolute Gasteiger partial charge is 0.301 e. The Kier molecular flexibility index (Phi) is 7.06. The van der Waals surface area contributed by atoms with E-state index in [0.717, 1.165) is 18.9 Å². The van der Waals surface area contributed by atoms with Crippen LogP contribution < -0.4 is 0 Å². The number of hydrogen-bond acceptors (Lipinski definition) is 3. The lowest BCUT2D eigenvalue weighted by Crippen LogP contribution is -2.45. The third-order valence-corrected chi connectivity index (χ3v) is 5.41. The lowest BCUT2D eigenvalue weighted by atomic mass is 10.0. The van der Waals surface area contributed by atoms with Gasteiger partial charge in [0.25, 0.3) is 0 Å². The molecule has 0 radical (unpaired) electrons. The molecule has 0 aromatic heterocycles. The molecule has 1 aromatic rings. The van der Waals surface area contributed by atoms with Crippen LogP contribution in [0.15, 0.2) is 23.2 Å². The average molecular weight is 342 g/mol. The van der Waals surface area contributed by atoms with E-state index in [1.807, 2.05) is 0 Å². The summed E-state index contributed by atoms with van der Waals surface area (Å²) in [5.41, 5.74) is 4.14. The Morgan fingerprint density at radius 3 is 2.48 bits per heavy atom. The van der Waals surface area contributed by atoms with Gasteiger partial charge in [-0.3, -0.25) is 9.89 Å². The monoisotopic (exact) mass is 341 g/mol. The third kappa shape index (κ3) is 5.93. The topological polar surface area (TPSA) is 18.8 Å². The fraction of sp³-hybridized carbons (Fsp3) is 0.682. The predicted octanol–water partition coefficient (Wildman–Crippen LogP) is 4.67. The lowest BCUT2D eigenvalue weighted by Gasteiger charge is -2.34. The number of benzene rings is 1. The highest BCUT2D eigenvalue weighted by Gasteiger charge is 2.23. The number of aliphatic imine (C=N–C) groups is 1. The van der Waals surface area contributed by atoms with Gasteiger partial charge in [-0.2, -0.15) is 0 Å². The standard InChI is InChI=1S/C22H35N3/c1-3-5-10-23-22-9-8-20(17-21(22)16-19-6-7-19)18-25-14-12-24(11-4-2)13-15-25/h8-10,17,19H,3-7,11-16,18H2,1-2H3. The van der Waals surface area contributed by atoms with Gasteiger partial charge in [0.15, 0.2) is 0 Å². The van der Waals surface area contributed by atoms with Crippen LogP contribution in [0.3, 0.4) is 0 Å². The van der Waals surface area contributed by atoms with Crippen LogP contribution in [-0.2, 0) is 13.0 Å². The van der Waals surface area contributed by atoms with Gasteiger partial charge in [0, 0.05) is 38.9 Å². The van der Waals surface area contributed by atoms with Crippen LogP contribution >= 0.6 is 0 Å². The summed E-state index contributed by atoms with van der Waals surface area (Å²) in [5, 5.41) is 0. The van der Waals surface area contributed by atoms with Gasteiger partial charge in [0.05, 0.1) is 5.69 Å². The quantitative estimate of drug-likeness (QED) is 0.608. The number of rotatable bonds is 9. The van der Waals surface area contributed by atoms with E-state index < -0.39 is 0 Å². The van der Waals surface area contributed by atoms with Gasteiger partial charge < -0.3 is 4.90 Å². The van der Waals surface area contributed by atoms with Gasteiger partial charge in [-0.1, -0.05) is 32.4 Å². The molecule has 2 fully saturated rings. The Morgan fingerprint density at radius 2 is 1.80 bits per heavy atom. The van der Waals surface area contributed by atoms with Gasteiger partial charge in [-0.15, -0.1) is 0 Å². The highest BCUT2D eigenvalue weighted by atomic mass is 15.3. The van der Waals surface area contributed by atoms with E-state index in [9.17, 15) is 0 Å². The van der Waals surface area contributed by atoms with Crippen molar-refractivity contribution in [2.75, 3.05) is 32.7 Å². The fourth-order valence-corrected chi connectivity index (χ4v) is 3.70. The number of unbranched alkanes of at least 4 members (excludes halogenated alkanes) is 1. The third-order valence-electron chi connectivity index (χ3n) is 5.41. The van der Waals surface area contributed by atoms with E-state index in [2.05, 4.69) is 48.1 Å². The SMILES string of the molecule is CCCC=Nc1ccc(CN2CCN(CCC)CC2)cc1CC1CC1. The van der Waals surface area contributed by atoms with Crippen molar-refractivity contribution < 1.29 is 0 Å². The van der Waals surface area contributed by atoms with Crippen molar-refractivity contribution in [3.05, 3.63) is 29.3 Å². The van der Waals surface area contributed by atoms with E-state index in [1.165, 1.54) is 81.6 Å². The van der Waals surface area contributed by atoms with Crippen LogP contribution in [0, 0.1) is 5.92 Å². The summed E-state index contributed by atoms with van der Waals surface area (Å²) in [4.78, 5) is 9.96. The molecule has 2 aliphatic rings. The Bertz CT molecular complexity index is 554. The molecule has 1 heterocycles. The molecule has 3 heteroatoms. The molecule has 1 aliphatic heterocycles. The summed E-state index contributed by atoms with van der Waals surface area (Å²) >= 11 is 0. The van der Waals surface area contributed by atoms with Crippen LogP contribution in [0.2, 0.25) is 0 Å². The molecule has 0 unspecified atom stereocenters.